The van der Waals surface area contributed by atoms with E-state index < -0.39 is 0 Å². The summed E-state index contributed by atoms with van der Waals surface area (Å²) in [7, 11) is 1.65. The molecular formula is C13H14BrNO2. The van der Waals surface area contributed by atoms with E-state index in [4.69, 9.17) is 14.9 Å². The maximum atomic E-state index is 6.18. The standard InChI is InChI=1S/C13H14BrNO2/c1-16-10-2-3-12(14)11(7-10)13(15)6-9-4-5-17-8-9/h2-5,7-8,13H,6,15H2,1H3. The van der Waals surface area contributed by atoms with Crippen LogP contribution in [0.4, 0.5) is 0 Å². The Morgan fingerprint density at radius 1 is 1.41 bits per heavy atom. The first-order chi connectivity index (χ1) is 8.20. The Labute approximate surface area is 109 Å². The molecule has 0 radical (unpaired) electrons. The molecule has 0 bridgehead atoms. The van der Waals surface area contributed by atoms with Gasteiger partial charge in [0, 0.05) is 10.5 Å². The van der Waals surface area contributed by atoms with Crippen molar-refractivity contribution in [1.29, 1.82) is 0 Å². The number of hydrogen-bond acceptors (Lipinski definition) is 3. The van der Waals surface area contributed by atoms with Gasteiger partial charge in [0.05, 0.1) is 19.6 Å². The number of nitrogens with two attached hydrogens (primary N) is 1. The second-order valence-corrected chi connectivity index (χ2v) is 4.68. The molecule has 0 amide bonds. The van der Waals surface area contributed by atoms with Crippen LogP contribution in [0.1, 0.15) is 17.2 Å². The smallest absolute Gasteiger partial charge is 0.119 e. The zero-order chi connectivity index (χ0) is 12.3. The van der Waals surface area contributed by atoms with E-state index in [-0.39, 0.29) is 6.04 Å². The third kappa shape index (κ3) is 2.90. The van der Waals surface area contributed by atoms with Crippen LogP contribution in [0.2, 0.25) is 0 Å². The fourth-order valence-electron chi connectivity index (χ4n) is 1.71. The van der Waals surface area contributed by atoms with Crippen LogP contribution in [0.25, 0.3) is 0 Å². The van der Waals surface area contributed by atoms with Gasteiger partial charge in [-0.1, -0.05) is 15.9 Å². The lowest BCUT2D eigenvalue weighted by atomic mass is 10.0. The van der Waals surface area contributed by atoms with Crippen molar-refractivity contribution < 1.29 is 9.15 Å². The number of halogens is 1. The molecule has 3 nitrogen and oxygen atoms in total. The summed E-state index contributed by atoms with van der Waals surface area (Å²) in [5.74, 6) is 0.811. The highest BCUT2D eigenvalue weighted by Gasteiger charge is 2.12. The Hall–Kier alpha value is -1.26. The van der Waals surface area contributed by atoms with Gasteiger partial charge in [0.15, 0.2) is 0 Å². The van der Waals surface area contributed by atoms with E-state index in [2.05, 4.69) is 15.9 Å². The number of hydrogen-bond donors (Lipinski definition) is 1. The first kappa shape index (κ1) is 12.2. The van der Waals surface area contributed by atoms with Crippen LogP contribution in [-0.4, -0.2) is 7.11 Å². The lowest BCUT2D eigenvalue weighted by molar-refractivity contribution is 0.413. The molecule has 0 saturated heterocycles. The monoisotopic (exact) mass is 295 g/mol. The van der Waals surface area contributed by atoms with Crippen LogP contribution >= 0.6 is 15.9 Å². The molecule has 17 heavy (non-hydrogen) atoms. The highest BCUT2D eigenvalue weighted by atomic mass is 79.9. The van der Waals surface area contributed by atoms with Gasteiger partial charge in [0.25, 0.3) is 0 Å². The van der Waals surface area contributed by atoms with Gasteiger partial charge in [-0.25, -0.2) is 0 Å². The molecule has 1 heterocycles. The van der Waals surface area contributed by atoms with E-state index in [1.165, 1.54) is 0 Å². The van der Waals surface area contributed by atoms with Gasteiger partial charge in [0.2, 0.25) is 0 Å². The number of ether oxygens (including phenoxy) is 1. The van der Waals surface area contributed by atoms with Crippen LogP contribution < -0.4 is 10.5 Å². The molecule has 1 aromatic heterocycles. The minimum atomic E-state index is -0.0860. The first-order valence-corrected chi connectivity index (χ1v) is 6.10. The third-order valence-electron chi connectivity index (χ3n) is 2.64. The molecule has 90 valence electrons. The summed E-state index contributed by atoms with van der Waals surface area (Å²) in [5.41, 5.74) is 8.31. The third-order valence-corrected chi connectivity index (χ3v) is 3.36. The fraction of sp³-hybridized carbons (Fsp3) is 0.231. The highest BCUT2D eigenvalue weighted by Crippen LogP contribution is 2.28. The van der Waals surface area contributed by atoms with Gasteiger partial charge in [-0.05, 0) is 41.8 Å². The number of furan rings is 1. The predicted molar refractivity (Wildman–Crippen MR) is 70.0 cm³/mol. The Balaban J connectivity index is 2.20. The van der Waals surface area contributed by atoms with Gasteiger partial charge in [-0.3, -0.25) is 0 Å². The van der Waals surface area contributed by atoms with Crippen molar-refractivity contribution in [3.8, 4) is 5.75 Å². The van der Waals surface area contributed by atoms with Crippen molar-refractivity contribution in [2.75, 3.05) is 7.11 Å². The zero-order valence-electron chi connectivity index (χ0n) is 9.52. The average molecular weight is 296 g/mol. The molecule has 0 spiro atoms. The molecule has 4 heteroatoms. The second-order valence-electron chi connectivity index (χ2n) is 3.83. The molecule has 0 aliphatic carbocycles. The van der Waals surface area contributed by atoms with Gasteiger partial charge < -0.3 is 14.9 Å². The van der Waals surface area contributed by atoms with Crippen LogP contribution in [0.3, 0.4) is 0 Å². The topological polar surface area (TPSA) is 48.4 Å². The normalized spacial score (nSPS) is 12.4. The van der Waals surface area contributed by atoms with E-state index in [1.807, 2.05) is 24.3 Å². The molecule has 0 saturated carbocycles. The summed E-state index contributed by atoms with van der Waals surface area (Å²) in [6.07, 6.45) is 4.11. The van der Waals surface area contributed by atoms with Crippen molar-refractivity contribution in [2.24, 2.45) is 5.73 Å². The van der Waals surface area contributed by atoms with Gasteiger partial charge in [0.1, 0.15) is 5.75 Å². The number of rotatable bonds is 4. The maximum absolute atomic E-state index is 6.18. The van der Waals surface area contributed by atoms with E-state index in [0.29, 0.717) is 0 Å². The summed E-state index contributed by atoms with van der Waals surface area (Å²) >= 11 is 3.51. The molecule has 0 fully saturated rings. The first-order valence-electron chi connectivity index (χ1n) is 5.31. The molecule has 2 rings (SSSR count). The van der Waals surface area contributed by atoms with Gasteiger partial charge >= 0.3 is 0 Å². The van der Waals surface area contributed by atoms with Crippen molar-refractivity contribution in [1.82, 2.24) is 0 Å². The van der Waals surface area contributed by atoms with Crippen molar-refractivity contribution in [3.63, 3.8) is 0 Å². The Morgan fingerprint density at radius 3 is 2.88 bits per heavy atom. The van der Waals surface area contributed by atoms with Gasteiger partial charge in [-0.15, -0.1) is 0 Å². The van der Waals surface area contributed by atoms with Crippen LogP contribution in [0.5, 0.6) is 5.75 Å². The number of methoxy groups -OCH3 is 1. The summed E-state index contributed by atoms with van der Waals surface area (Å²) in [6.45, 7) is 0. The summed E-state index contributed by atoms with van der Waals surface area (Å²) in [4.78, 5) is 0. The Morgan fingerprint density at radius 2 is 2.24 bits per heavy atom. The molecule has 1 atom stereocenters. The number of benzene rings is 1. The highest BCUT2D eigenvalue weighted by molar-refractivity contribution is 9.10. The van der Waals surface area contributed by atoms with E-state index in [1.54, 1.807) is 19.6 Å². The Bertz CT molecular complexity index is 482. The average Bonchev–Trinajstić information content (AvgIpc) is 2.82. The summed E-state index contributed by atoms with van der Waals surface area (Å²) in [6, 6.07) is 7.64. The quantitative estimate of drug-likeness (QED) is 0.941. The molecule has 0 aliphatic heterocycles. The molecule has 1 aromatic carbocycles. The van der Waals surface area contributed by atoms with E-state index in [9.17, 15) is 0 Å². The minimum absolute atomic E-state index is 0.0860. The van der Waals surface area contributed by atoms with E-state index in [0.717, 1.165) is 27.8 Å². The largest absolute Gasteiger partial charge is 0.497 e. The van der Waals surface area contributed by atoms with Crippen molar-refractivity contribution in [3.05, 3.63) is 52.4 Å². The lowest BCUT2D eigenvalue weighted by Gasteiger charge is -2.14. The predicted octanol–water partition coefficient (Wildman–Crippen LogP) is 3.29. The second kappa shape index (κ2) is 5.38. The lowest BCUT2D eigenvalue weighted by Crippen LogP contribution is -2.13. The Kier molecular flexibility index (Phi) is 3.86. The SMILES string of the molecule is COc1ccc(Br)c(C(N)Cc2ccoc2)c1. The van der Waals surface area contributed by atoms with Crippen LogP contribution in [0.15, 0.2) is 45.7 Å². The summed E-state index contributed by atoms with van der Waals surface area (Å²) < 4.78 is 11.2. The van der Waals surface area contributed by atoms with E-state index >= 15 is 0 Å². The molecular weight excluding hydrogens is 282 g/mol. The zero-order valence-corrected chi connectivity index (χ0v) is 11.1. The molecule has 2 N–H and O–H groups in total. The van der Waals surface area contributed by atoms with Gasteiger partial charge in [-0.2, -0.15) is 0 Å². The van der Waals surface area contributed by atoms with Crippen molar-refractivity contribution in [2.45, 2.75) is 12.5 Å². The molecule has 0 aliphatic rings. The van der Waals surface area contributed by atoms with Crippen LogP contribution in [-0.2, 0) is 6.42 Å². The molecule has 2 aromatic rings. The molecule has 1 unspecified atom stereocenters. The summed E-state index contributed by atoms with van der Waals surface area (Å²) in [5, 5.41) is 0. The minimum Gasteiger partial charge on any atom is -0.497 e. The maximum Gasteiger partial charge on any atom is 0.119 e. The fourth-order valence-corrected chi connectivity index (χ4v) is 2.25. The van der Waals surface area contributed by atoms with Crippen LogP contribution in [0, 0.1) is 0 Å². The van der Waals surface area contributed by atoms with Crippen molar-refractivity contribution >= 4 is 15.9 Å².